The summed E-state index contributed by atoms with van der Waals surface area (Å²) in [7, 11) is 0. The molecule has 0 unspecified atom stereocenters. The van der Waals surface area contributed by atoms with Gasteiger partial charge in [0.25, 0.3) is 0 Å². The molecule has 21 heavy (non-hydrogen) atoms. The molecule has 5 heteroatoms. The molecule has 1 heterocycles. The van der Waals surface area contributed by atoms with Crippen LogP contribution in [0.1, 0.15) is 30.0 Å². The van der Waals surface area contributed by atoms with Crippen LogP contribution in [0.25, 0.3) is 0 Å². The maximum absolute atomic E-state index is 11.7. The molecular formula is C16H20N2OS2. The van der Waals surface area contributed by atoms with Crippen molar-refractivity contribution in [2.45, 2.75) is 37.6 Å². The number of hydrogen-bond donors (Lipinski definition) is 1. The molecule has 1 aromatic carbocycles. The van der Waals surface area contributed by atoms with Crippen molar-refractivity contribution in [1.82, 2.24) is 10.3 Å². The first-order chi connectivity index (χ1) is 10.0. The molecule has 0 saturated heterocycles. The van der Waals surface area contributed by atoms with Crippen molar-refractivity contribution < 1.29 is 4.79 Å². The van der Waals surface area contributed by atoms with E-state index < -0.39 is 0 Å². The first-order valence-corrected chi connectivity index (χ1v) is 8.77. The Labute approximate surface area is 134 Å². The number of benzene rings is 1. The van der Waals surface area contributed by atoms with E-state index in [1.165, 1.54) is 22.2 Å². The summed E-state index contributed by atoms with van der Waals surface area (Å²) in [4.78, 5) is 17.5. The van der Waals surface area contributed by atoms with Crippen LogP contribution in [0.4, 0.5) is 0 Å². The third-order valence-corrected chi connectivity index (χ3v) is 5.16. The molecule has 1 amide bonds. The molecule has 0 saturated carbocycles. The maximum Gasteiger partial charge on any atom is 0.230 e. The molecule has 0 aliphatic rings. The molecule has 0 aliphatic carbocycles. The second-order valence-electron chi connectivity index (χ2n) is 5.16. The number of hydrogen-bond acceptors (Lipinski definition) is 4. The zero-order valence-electron chi connectivity index (χ0n) is 12.6. The highest BCUT2D eigenvalue weighted by Crippen LogP contribution is 2.28. The lowest BCUT2D eigenvalue weighted by atomic mass is 10.1. The minimum atomic E-state index is 0.0625. The van der Waals surface area contributed by atoms with Gasteiger partial charge in [-0.05, 0) is 26.3 Å². The van der Waals surface area contributed by atoms with Crippen LogP contribution in [0, 0.1) is 6.92 Å². The summed E-state index contributed by atoms with van der Waals surface area (Å²) >= 11 is 3.20. The number of rotatable bonds is 6. The largest absolute Gasteiger partial charge is 0.353 e. The van der Waals surface area contributed by atoms with E-state index in [0.29, 0.717) is 5.75 Å². The van der Waals surface area contributed by atoms with E-state index in [4.69, 9.17) is 0 Å². The van der Waals surface area contributed by atoms with Crippen LogP contribution in [-0.4, -0.2) is 22.7 Å². The van der Waals surface area contributed by atoms with Gasteiger partial charge in [-0.25, -0.2) is 4.98 Å². The highest BCUT2D eigenvalue weighted by molar-refractivity contribution is 8.01. The number of carbonyl (C=O) groups is 1. The van der Waals surface area contributed by atoms with Gasteiger partial charge >= 0.3 is 0 Å². The van der Waals surface area contributed by atoms with Gasteiger partial charge in [-0.2, -0.15) is 0 Å². The number of amides is 1. The van der Waals surface area contributed by atoms with Gasteiger partial charge in [0.05, 0.1) is 11.4 Å². The van der Waals surface area contributed by atoms with Crippen molar-refractivity contribution in [3.63, 3.8) is 0 Å². The number of aryl methyl sites for hydroxylation is 1. The van der Waals surface area contributed by atoms with Crippen LogP contribution in [0.3, 0.4) is 0 Å². The Morgan fingerprint density at radius 3 is 2.71 bits per heavy atom. The van der Waals surface area contributed by atoms with Crippen molar-refractivity contribution >= 4 is 29.0 Å². The average Bonchev–Trinajstić information content (AvgIpc) is 2.77. The number of thiazole rings is 1. The van der Waals surface area contributed by atoms with Crippen LogP contribution < -0.4 is 5.32 Å². The molecule has 112 valence electrons. The van der Waals surface area contributed by atoms with E-state index >= 15 is 0 Å². The summed E-state index contributed by atoms with van der Waals surface area (Å²) < 4.78 is 0.970. The summed E-state index contributed by atoms with van der Waals surface area (Å²) in [5.74, 6) is 0.489. The fraction of sp³-hybridized carbons (Fsp3) is 0.375. The van der Waals surface area contributed by atoms with Crippen molar-refractivity contribution in [3.8, 4) is 0 Å². The van der Waals surface area contributed by atoms with Crippen molar-refractivity contribution in [3.05, 3.63) is 46.5 Å². The highest BCUT2D eigenvalue weighted by atomic mass is 32.2. The van der Waals surface area contributed by atoms with E-state index in [1.54, 1.807) is 11.3 Å². The third-order valence-electron chi connectivity index (χ3n) is 2.86. The first-order valence-electron chi connectivity index (χ1n) is 6.97. The molecule has 0 spiro atoms. The van der Waals surface area contributed by atoms with Crippen LogP contribution in [0.2, 0.25) is 0 Å². The van der Waals surface area contributed by atoms with Gasteiger partial charge in [0.2, 0.25) is 5.91 Å². The van der Waals surface area contributed by atoms with E-state index in [2.05, 4.69) is 34.6 Å². The van der Waals surface area contributed by atoms with Gasteiger partial charge in [-0.1, -0.05) is 42.1 Å². The van der Waals surface area contributed by atoms with Gasteiger partial charge in [0.1, 0.15) is 0 Å². The summed E-state index contributed by atoms with van der Waals surface area (Å²) in [6, 6.07) is 10.6. The lowest BCUT2D eigenvalue weighted by Crippen LogP contribution is -2.31. The monoisotopic (exact) mass is 320 g/mol. The Kier molecular flexibility index (Phi) is 5.82. The Bertz CT molecular complexity index is 594. The topological polar surface area (TPSA) is 42.0 Å². The number of nitrogens with zero attached hydrogens (tertiary/aromatic N) is 1. The molecular weight excluding hydrogens is 300 g/mol. The number of thioether (sulfide) groups is 1. The van der Waals surface area contributed by atoms with Gasteiger partial charge in [-0.15, -0.1) is 11.3 Å². The Morgan fingerprint density at radius 2 is 2.05 bits per heavy atom. The standard InChI is InChI=1S/C16H20N2OS2/c1-11(2)17-15(19)10-20-16-18-12(3)14(21-16)9-13-7-5-4-6-8-13/h4-8,11H,9-10H2,1-3H3,(H,17,19). The smallest absolute Gasteiger partial charge is 0.230 e. The number of carbonyl (C=O) groups excluding carboxylic acids is 1. The minimum Gasteiger partial charge on any atom is -0.353 e. The van der Waals surface area contributed by atoms with E-state index in [0.717, 1.165) is 16.5 Å². The molecule has 0 radical (unpaired) electrons. The molecule has 1 N–H and O–H groups in total. The first kappa shape index (κ1) is 16.0. The van der Waals surface area contributed by atoms with E-state index in [9.17, 15) is 4.79 Å². The van der Waals surface area contributed by atoms with E-state index in [-0.39, 0.29) is 11.9 Å². The molecule has 0 atom stereocenters. The lowest BCUT2D eigenvalue weighted by molar-refractivity contribution is -0.119. The summed E-state index contributed by atoms with van der Waals surface area (Å²) in [6.07, 6.45) is 0.906. The Morgan fingerprint density at radius 1 is 1.33 bits per heavy atom. The number of aromatic nitrogens is 1. The van der Waals surface area contributed by atoms with Crippen molar-refractivity contribution in [1.29, 1.82) is 0 Å². The molecule has 0 aliphatic heterocycles. The van der Waals surface area contributed by atoms with Gasteiger partial charge in [0, 0.05) is 17.3 Å². The summed E-state index contributed by atoms with van der Waals surface area (Å²) in [5.41, 5.74) is 2.36. The molecule has 0 bridgehead atoms. The van der Waals surface area contributed by atoms with Crippen LogP contribution in [0.15, 0.2) is 34.7 Å². The van der Waals surface area contributed by atoms with Crippen LogP contribution in [-0.2, 0) is 11.2 Å². The molecule has 0 fully saturated rings. The number of nitrogens with one attached hydrogen (secondary N) is 1. The predicted molar refractivity (Wildman–Crippen MR) is 90.1 cm³/mol. The zero-order chi connectivity index (χ0) is 15.2. The zero-order valence-corrected chi connectivity index (χ0v) is 14.2. The molecule has 3 nitrogen and oxygen atoms in total. The van der Waals surface area contributed by atoms with Gasteiger partial charge < -0.3 is 5.32 Å². The second-order valence-corrected chi connectivity index (χ2v) is 7.47. The average molecular weight is 320 g/mol. The molecule has 1 aromatic heterocycles. The normalized spacial score (nSPS) is 10.9. The van der Waals surface area contributed by atoms with Crippen molar-refractivity contribution in [2.75, 3.05) is 5.75 Å². The fourth-order valence-electron chi connectivity index (χ4n) is 1.90. The SMILES string of the molecule is Cc1nc(SCC(=O)NC(C)C)sc1Cc1ccccc1. The summed E-state index contributed by atoms with van der Waals surface area (Å²) in [5, 5.41) is 2.89. The Balaban J connectivity index is 1.94. The van der Waals surface area contributed by atoms with Gasteiger partial charge in [0.15, 0.2) is 4.34 Å². The Hall–Kier alpha value is -1.33. The van der Waals surface area contributed by atoms with E-state index in [1.807, 2.05) is 26.8 Å². The summed E-state index contributed by atoms with van der Waals surface area (Å²) in [6.45, 7) is 5.97. The highest BCUT2D eigenvalue weighted by Gasteiger charge is 2.11. The predicted octanol–water partition coefficient (Wildman–Crippen LogP) is 3.66. The maximum atomic E-state index is 11.7. The van der Waals surface area contributed by atoms with Crippen molar-refractivity contribution in [2.24, 2.45) is 0 Å². The minimum absolute atomic E-state index is 0.0625. The van der Waals surface area contributed by atoms with Crippen LogP contribution in [0.5, 0.6) is 0 Å². The quantitative estimate of drug-likeness (QED) is 0.826. The fourth-order valence-corrected chi connectivity index (χ4v) is 3.98. The molecule has 2 aromatic rings. The second kappa shape index (κ2) is 7.61. The molecule has 2 rings (SSSR count). The lowest BCUT2D eigenvalue weighted by Gasteiger charge is -2.06. The third kappa shape index (κ3) is 5.17. The van der Waals surface area contributed by atoms with Gasteiger partial charge in [-0.3, -0.25) is 4.79 Å². The van der Waals surface area contributed by atoms with Crippen LogP contribution >= 0.6 is 23.1 Å².